The summed E-state index contributed by atoms with van der Waals surface area (Å²) in [6.45, 7) is 4.39. The third-order valence-corrected chi connectivity index (χ3v) is 1.85. The maximum Gasteiger partial charge on any atom is 0.00887 e. The second-order valence-corrected chi connectivity index (χ2v) is 2.63. The van der Waals surface area contributed by atoms with Crippen molar-refractivity contribution in [3.05, 3.63) is 0 Å². The van der Waals surface area contributed by atoms with Gasteiger partial charge in [-0.15, -0.1) is 0 Å². The Balaban J connectivity index is 2.28. The highest BCUT2D eigenvalue weighted by atomic mass is 14.9. The van der Waals surface area contributed by atoms with Crippen LogP contribution in [0.25, 0.3) is 0 Å². The van der Waals surface area contributed by atoms with Gasteiger partial charge in [0.2, 0.25) is 0 Å². The third kappa shape index (κ3) is 1.20. The van der Waals surface area contributed by atoms with Crippen molar-refractivity contribution >= 4 is 0 Å². The van der Waals surface area contributed by atoms with Crippen LogP contribution in [-0.4, -0.2) is 19.1 Å². The van der Waals surface area contributed by atoms with Gasteiger partial charge in [-0.05, 0) is 25.4 Å². The van der Waals surface area contributed by atoms with Gasteiger partial charge >= 0.3 is 0 Å². The van der Waals surface area contributed by atoms with E-state index < -0.39 is 0 Å². The average Bonchev–Trinajstić information content (AvgIpc) is 1.77. The Kier molecular flexibility index (Phi) is 1.86. The molecule has 0 bridgehead atoms. The zero-order valence-electron chi connectivity index (χ0n) is 5.35. The van der Waals surface area contributed by atoms with Crippen LogP contribution in [0.2, 0.25) is 0 Å². The first-order valence-electron chi connectivity index (χ1n) is 3.27. The number of nitrogens with one attached hydrogen (secondary N) is 1. The second-order valence-electron chi connectivity index (χ2n) is 2.63. The fourth-order valence-electron chi connectivity index (χ4n) is 1.03. The highest BCUT2D eigenvalue weighted by Crippen LogP contribution is 2.06. The predicted molar refractivity (Wildman–Crippen MR) is 34.6 cm³/mol. The van der Waals surface area contributed by atoms with Gasteiger partial charge in [-0.3, -0.25) is 0 Å². The summed E-state index contributed by atoms with van der Waals surface area (Å²) >= 11 is 0. The van der Waals surface area contributed by atoms with Gasteiger partial charge in [0.15, 0.2) is 0 Å². The Bertz CT molecular complexity index is 62.9. The van der Waals surface area contributed by atoms with Crippen LogP contribution in [0.15, 0.2) is 0 Å². The van der Waals surface area contributed by atoms with E-state index in [4.69, 9.17) is 5.73 Å². The molecule has 1 heterocycles. The number of piperidine rings is 1. The largest absolute Gasteiger partial charge is 0.327 e. The average molecular weight is 114 g/mol. The first kappa shape index (κ1) is 6.05. The molecule has 1 saturated heterocycles. The van der Waals surface area contributed by atoms with E-state index in [1.54, 1.807) is 0 Å². The molecule has 3 N–H and O–H groups in total. The fraction of sp³-hybridized carbons (Fsp3) is 1.00. The van der Waals surface area contributed by atoms with Crippen LogP contribution in [0, 0.1) is 5.92 Å². The molecule has 0 aliphatic carbocycles. The molecule has 48 valence electrons. The zero-order valence-corrected chi connectivity index (χ0v) is 5.35. The number of nitrogens with two attached hydrogens (primary N) is 1. The molecule has 0 saturated carbocycles. The van der Waals surface area contributed by atoms with Crippen molar-refractivity contribution in [1.29, 1.82) is 0 Å². The maximum absolute atomic E-state index is 5.74. The van der Waals surface area contributed by atoms with E-state index in [-0.39, 0.29) is 0 Å². The van der Waals surface area contributed by atoms with Gasteiger partial charge in [0, 0.05) is 6.04 Å². The molecule has 0 aromatic rings. The fourth-order valence-corrected chi connectivity index (χ4v) is 1.03. The SMILES string of the molecule is C[C@@H]1CNCC[C@H]1N. The van der Waals surface area contributed by atoms with E-state index in [0.717, 1.165) is 19.5 Å². The zero-order chi connectivity index (χ0) is 5.98. The molecule has 0 unspecified atom stereocenters. The topological polar surface area (TPSA) is 38.0 Å². The molecule has 0 aromatic heterocycles. The van der Waals surface area contributed by atoms with Gasteiger partial charge in [-0.2, -0.15) is 0 Å². The summed E-state index contributed by atoms with van der Waals surface area (Å²) in [5.41, 5.74) is 5.74. The van der Waals surface area contributed by atoms with Crippen molar-refractivity contribution in [3.8, 4) is 0 Å². The minimum atomic E-state index is 0.441. The van der Waals surface area contributed by atoms with Gasteiger partial charge < -0.3 is 11.1 Å². The first-order valence-corrected chi connectivity index (χ1v) is 3.27. The summed E-state index contributed by atoms with van der Waals surface area (Å²) in [7, 11) is 0. The summed E-state index contributed by atoms with van der Waals surface area (Å²) in [6.07, 6.45) is 1.14. The van der Waals surface area contributed by atoms with Crippen molar-refractivity contribution < 1.29 is 0 Å². The Labute approximate surface area is 50.4 Å². The van der Waals surface area contributed by atoms with Crippen LogP contribution < -0.4 is 11.1 Å². The van der Waals surface area contributed by atoms with Crippen molar-refractivity contribution in [1.82, 2.24) is 5.32 Å². The Morgan fingerprint density at radius 2 is 2.38 bits per heavy atom. The van der Waals surface area contributed by atoms with Gasteiger partial charge in [0.05, 0.1) is 0 Å². The van der Waals surface area contributed by atoms with E-state index in [1.807, 2.05) is 0 Å². The third-order valence-electron chi connectivity index (χ3n) is 1.85. The van der Waals surface area contributed by atoms with E-state index in [1.165, 1.54) is 0 Å². The first-order chi connectivity index (χ1) is 3.80. The monoisotopic (exact) mass is 114 g/mol. The molecule has 8 heavy (non-hydrogen) atoms. The summed E-state index contributed by atoms with van der Waals surface area (Å²) < 4.78 is 0. The lowest BCUT2D eigenvalue weighted by atomic mass is 9.97. The van der Waals surface area contributed by atoms with E-state index in [9.17, 15) is 0 Å². The number of hydrogen-bond donors (Lipinski definition) is 2. The van der Waals surface area contributed by atoms with Gasteiger partial charge in [-0.25, -0.2) is 0 Å². The van der Waals surface area contributed by atoms with Crippen molar-refractivity contribution in [2.24, 2.45) is 11.7 Å². The van der Waals surface area contributed by atoms with E-state index in [2.05, 4.69) is 12.2 Å². The maximum atomic E-state index is 5.74. The number of hydrogen-bond acceptors (Lipinski definition) is 2. The molecular weight excluding hydrogens is 100 g/mol. The van der Waals surface area contributed by atoms with Crippen molar-refractivity contribution in [2.75, 3.05) is 13.1 Å². The molecule has 2 atom stereocenters. The van der Waals surface area contributed by atoms with Crippen LogP contribution in [0.3, 0.4) is 0 Å². The summed E-state index contributed by atoms with van der Waals surface area (Å²) in [5, 5.41) is 3.28. The minimum absolute atomic E-state index is 0.441. The van der Waals surface area contributed by atoms with Gasteiger partial charge in [0.1, 0.15) is 0 Å². The molecule has 1 fully saturated rings. The standard InChI is InChI=1S/C6H14N2/c1-5-4-8-3-2-6(5)7/h5-6,8H,2-4,7H2,1H3/t5-,6-/m1/s1. The highest BCUT2D eigenvalue weighted by molar-refractivity contribution is 4.76. The Morgan fingerprint density at radius 3 is 2.75 bits per heavy atom. The van der Waals surface area contributed by atoms with Crippen LogP contribution in [0.5, 0.6) is 0 Å². The molecule has 0 aromatic carbocycles. The lowest BCUT2D eigenvalue weighted by molar-refractivity contribution is 0.349. The van der Waals surface area contributed by atoms with Crippen LogP contribution in [-0.2, 0) is 0 Å². The molecular formula is C6H14N2. The number of rotatable bonds is 0. The highest BCUT2D eigenvalue weighted by Gasteiger charge is 2.15. The predicted octanol–water partition coefficient (Wildman–Crippen LogP) is -0.0569. The summed E-state index contributed by atoms with van der Waals surface area (Å²) in [4.78, 5) is 0. The van der Waals surface area contributed by atoms with E-state index in [0.29, 0.717) is 12.0 Å². The Hall–Kier alpha value is -0.0800. The minimum Gasteiger partial charge on any atom is -0.327 e. The molecule has 1 aliphatic rings. The molecule has 2 heteroatoms. The smallest absolute Gasteiger partial charge is 0.00887 e. The lowest BCUT2D eigenvalue weighted by Crippen LogP contribution is -2.43. The summed E-state index contributed by atoms with van der Waals surface area (Å²) in [5.74, 6) is 0.670. The second kappa shape index (κ2) is 2.46. The normalized spacial score (nSPS) is 39.8. The van der Waals surface area contributed by atoms with Crippen molar-refractivity contribution in [2.45, 2.75) is 19.4 Å². The molecule has 0 amide bonds. The molecule has 2 nitrogen and oxygen atoms in total. The molecule has 1 aliphatic heterocycles. The quantitative estimate of drug-likeness (QED) is 0.463. The lowest BCUT2D eigenvalue weighted by Gasteiger charge is -2.25. The van der Waals surface area contributed by atoms with Gasteiger partial charge in [0.25, 0.3) is 0 Å². The molecule has 1 rings (SSSR count). The van der Waals surface area contributed by atoms with E-state index >= 15 is 0 Å². The molecule has 0 spiro atoms. The summed E-state index contributed by atoms with van der Waals surface area (Å²) in [6, 6.07) is 0.441. The van der Waals surface area contributed by atoms with Gasteiger partial charge in [-0.1, -0.05) is 6.92 Å². The molecule has 0 radical (unpaired) electrons. The van der Waals surface area contributed by atoms with Crippen LogP contribution >= 0.6 is 0 Å². The van der Waals surface area contributed by atoms with Crippen molar-refractivity contribution in [3.63, 3.8) is 0 Å². The van der Waals surface area contributed by atoms with Crippen LogP contribution in [0.4, 0.5) is 0 Å². The van der Waals surface area contributed by atoms with Crippen LogP contribution in [0.1, 0.15) is 13.3 Å². The Morgan fingerprint density at radius 1 is 1.62 bits per heavy atom.